The number of rotatable bonds is 3. The van der Waals surface area contributed by atoms with Crippen molar-refractivity contribution in [2.24, 2.45) is 5.92 Å². The molecule has 4 heteroatoms. The highest BCUT2D eigenvalue weighted by atomic mass is 16.3. The van der Waals surface area contributed by atoms with Crippen molar-refractivity contribution in [1.29, 1.82) is 0 Å². The average molecular weight is 269 g/mol. The van der Waals surface area contributed by atoms with Crippen LogP contribution in [0.2, 0.25) is 0 Å². The minimum absolute atomic E-state index is 0.630. The second-order valence-electron chi connectivity index (χ2n) is 5.83. The molecule has 1 N–H and O–H groups in total. The van der Waals surface area contributed by atoms with Gasteiger partial charge in [0.1, 0.15) is 0 Å². The topological polar surface area (TPSA) is 41.3 Å². The van der Waals surface area contributed by atoms with Gasteiger partial charge in [0.05, 0.1) is 6.20 Å². The van der Waals surface area contributed by atoms with E-state index >= 15 is 0 Å². The predicted molar refractivity (Wildman–Crippen MR) is 78.5 cm³/mol. The van der Waals surface area contributed by atoms with Crippen molar-refractivity contribution in [2.75, 3.05) is 25.0 Å². The molecule has 2 bridgehead atoms. The van der Waals surface area contributed by atoms with Crippen molar-refractivity contribution in [2.45, 2.75) is 18.9 Å². The van der Waals surface area contributed by atoms with Gasteiger partial charge in [-0.05, 0) is 49.6 Å². The molecule has 20 heavy (non-hydrogen) atoms. The number of hydrogen-bond donors (Lipinski definition) is 1. The first-order valence-corrected chi connectivity index (χ1v) is 7.36. The number of oxazole rings is 1. The van der Waals surface area contributed by atoms with Crippen LogP contribution in [0.25, 0.3) is 11.3 Å². The Balaban J connectivity index is 1.46. The van der Waals surface area contributed by atoms with Gasteiger partial charge in [-0.25, -0.2) is 4.98 Å². The molecular weight excluding hydrogens is 250 g/mol. The van der Waals surface area contributed by atoms with E-state index < -0.39 is 0 Å². The highest BCUT2D eigenvalue weighted by Crippen LogP contribution is 2.30. The van der Waals surface area contributed by atoms with Crippen LogP contribution in [-0.4, -0.2) is 35.6 Å². The van der Waals surface area contributed by atoms with Crippen LogP contribution in [0.4, 0.5) is 5.69 Å². The van der Waals surface area contributed by atoms with Crippen LogP contribution in [0.15, 0.2) is 41.3 Å². The van der Waals surface area contributed by atoms with Gasteiger partial charge in [0, 0.05) is 30.4 Å². The Morgan fingerprint density at radius 2 is 2.00 bits per heavy atom. The van der Waals surface area contributed by atoms with Crippen LogP contribution in [0.3, 0.4) is 0 Å². The van der Waals surface area contributed by atoms with Crippen LogP contribution >= 0.6 is 0 Å². The Morgan fingerprint density at radius 3 is 2.80 bits per heavy atom. The number of piperidine rings is 1. The maximum atomic E-state index is 5.31. The molecule has 4 rings (SSSR count). The number of anilines is 1. The van der Waals surface area contributed by atoms with E-state index in [0.29, 0.717) is 6.04 Å². The molecular formula is C16H19N3O. The molecule has 1 aromatic carbocycles. The van der Waals surface area contributed by atoms with Gasteiger partial charge in [-0.3, -0.25) is 0 Å². The molecule has 2 fully saturated rings. The van der Waals surface area contributed by atoms with E-state index in [1.807, 2.05) is 0 Å². The average Bonchev–Trinajstić information content (AvgIpc) is 3.14. The smallest absolute Gasteiger partial charge is 0.181 e. The first kappa shape index (κ1) is 12.0. The van der Waals surface area contributed by atoms with Crippen molar-refractivity contribution in [1.82, 2.24) is 9.88 Å². The second-order valence-corrected chi connectivity index (χ2v) is 5.83. The van der Waals surface area contributed by atoms with E-state index in [1.165, 1.54) is 44.6 Å². The summed E-state index contributed by atoms with van der Waals surface area (Å²) in [5.74, 6) is 1.64. The van der Waals surface area contributed by atoms with Crippen LogP contribution in [0.5, 0.6) is 0 Å². The molecule has 3 heterocycles. The summed E-state index contributed by atoms with van der Waals surface area (Å²) in [7, 11) is 0. The lowest BCUT2D eigenvalue weighted by Crippen LogP contribution is -2.39. The van der Waals surface area contributed by atoms with Crippen molar-refractivity contribution >= 4 is 5.69 Å². The first-order valence-electron chi connectivity index (χ1n) is 7.36. The summed E-state index contributed by atoms with van der Waals surface area (Å²) in [4.78, 5) is 6.53. The Morgan fingerprint density at radius 1 is 1.15 bits per heavy atom. The summed E-state index contributed by atoms with van der Waals surface area (Å²) in [5.41, 5.74) is 2.28. The largest absolute Gasteiger partial charge is 0.444 e. The van der Waals surface area contributed by atoms with Crippen LogP contribution < -0.4 is 5.32 Å². The van der Waals surface area contributed by atoms with Crippen molar-refractivity contribution in [3.8, 4) is 11.3 Å². The molecule has 2 saturated heterocycles. The number of hydrogen-bond acceptors (Lipinski definition) is 4. The number of fused-ring (bicyclic) bond motifs is 2. The van der Waals surface area contributed by atoms with Gasteiger partial charge < -0.3 is 14.6 Å². The van der Waals surface area contributed by atoms with E-state index in [4.69, 9.17) is 4.42 Å². The molecule has 1 aromatic heterocycles. The van der Waals surface area contributed by atoms with Crippen LogP contribution in [0.1, 0.15) is 12.8 Å². The zero-order chi connectivity index (χ0) is 13.4. The molecule has 0 spiro atoms. The number of nitrogens with zero attached hydrogens (tertiary/aromatic N) is 2. The van der Waals surface area contributed by atoms with Crippen LogP contribution in [-0.2, 0) is 0 Å². The highest BCUT2D eigenvalue weighted by molar-refractivity contribution is 5.60. The summed E-state index contributed by atoms with van der Waals surface area (Å²) < 4.78 is 5.31. The Bertz CT molecular complexity index is 564. The molecule has 2 aromatic rings. The van der Waals surface area contributed by atoms with Crippen molar-refractivity contribution in [3.05, 3.63) is 36.9 Å². The van der Waals surface area contributed by atoms with E-state index in [1.54, 1.807) is 6.20 Å². The summed E-state index contributed by atoms with van der Waals surface area (Å²) >= 11 is 0. The second kappa shape index (κ2) is 4.94. The van der Waals surface area contributed by atoms with Gasteiger partial charge in [-0.1, -0.05) is 0 Å². The quantitative estimate of drug-likeness (QED) is 0.930. The fourth-order valence-electron chi connectivity index (χ4n) is 3.44. The van der Waals surface area contributed by atoms with E-state index in [-0.39, 0.29) is 0 Å². The Hall–Kier alpha value is -1.81. The summed E-state index contributed by atoms with van der Waals surface area (Å²) in [5, 5.41) is 3.71. The van der Waals surface area contributed by atoms with Gasteiger partial charge in [-0.2, -0.15) is 0 Å². The fourth-order valence-corrected chi connectivity index (χ4v) is 3.44. The standard InChI is InChI=1S/C16H19N3O/c1-3-14(4-2-12(1)16-9-17-11-20-16)18-15-6-8-19-7-5-13(15)10-19/h1-4,9,11,13,15,18H,5-8,10H2. The normalized spacial score (nSPS) is 28.5. The summed E-state index contributed by atoms with van der Waals surface area (Å²) in [6.45, 7) is 3.80. The maximum absolute atomic E-state index is 5.31. The number of aromatic nitrogens is 1. The third kappa shape index (κ3) is 2.20. The summed E-state index contributed by atoms with van der Waals surface area (Å²) in [6.07, 6.45) is 5.81. The lowest BCUT2D eigenvalue weighted by molar-refractivity contribution is 0.255. The molecule has 0 amide bonds. The Labute approximate surface area is 118 Å². The molecule has 4 nitrogen and oxygen atoms in total. The van der Waals surface area contributed by atoms with Crippen molar-refractivity contribution < 1.29 is 4.42 Å². The zero-order valence-corrected chi connectivity index (χ0v) is 11.5. The fraction of sp³-hybridized carbons (Fsp3) is 0.438. The van der Waals surface area contributed by atoms with Crippen molar-refractivity contribution in [3.63, 3.8) is 0 Å². The minimum Gasteiger partial charge on any atom is -0.444 e. The third-order valence-corrected chi connectivity index (χ3v) is 4.59. The molecule has 3 unspecified atom stereocenters. The molecule has 2 aliphatic rings. The molecule has 2 aliphatic heterocycles. The number of nitrogens with one attached hydrogen (secondary N) is 1. The lowest BCUT2D eigenvalue weighted by atomic mass is 9.94. The Kier molecular flexibility index (Phi) is 2.96. The number of benzene rings is 1. The zero-order valence-electron chi connectivity index (χ0n) is 11.5. The highest BCUT2D eigenvalue weighted by Gasteiger charge is 2.33. The minimum atomic E-state index is 0.630. The van der Waals surface area contributed by atoms with Gasteiger partial charge in [-0.15, -0.1) is 0 Å². The predicted octanol–water partition coefficient (Wildman–Crippen LogP) is 2.85. The first-order chi connectivity index (χ1) is 9.88. The lowest BCUT2D eigenvalue weighted by Gasteiger charge is -2.31. The summed E-state index contributed by atoms with van der Waals surface area (Å²) in [6, 6.07) is 9.09. The van der Waals surface area contributed by atoms with Gasteiger partial charge in [0.15, 0.2) is 12.2 Å². The molecule has 0 aliphatic carbocycles. The van der Waals surface area contributed by atoms with E-state index in [0.717, 1.165) is 17.2 Å². The SMILES string of the molecule is c1ncc(-c2ccc(NC3CCN4CCC3C4)cc2)o1. The molecule has 0 saturated carbocycles. The van der Waals surface area contributed by atoms with Gasteiger partial charge >= 0.3 is 0 Å². The molecule has 104 valence electrons. The van der Waals surface area contributed by atoms with Crippen LogP contribution in [0, 0.1) is 5.92 Å². The molecule has 0 radical (unpaired) electrons. The maximum Gasteiger partial charge on any atom is 0.181 e. The third-order valence-electron chi connectivity index (χ3n) is 4.59. The van der Waals surface area contributed by atoms with E-state index in [2.05, 4.69) is 39.5 Å². The van der Waals surface area contributed by atoms with Gasteiger partial charge in [0.2, 0.25) is 0 Å². The van der Waals surface area contributed by atoms with Gasteiger partial charge in [0.25, 0.3) is 0 Å². The monoisotopic (exact) mass is 269 g/mol. The van der Waals surface area contributed by atoms with E-state index in [9.17, 15) is 0 Å². The molecule has 3 atom stereocenters.